The van der Waals surface area contributed by atoms with Crippen molar-refractivity contribution in [3.05, 3.63) is 17.8 Å². The lowest BCUT2D eigenvalue weighted by Gasteiger charge is -2.37. The Balaban J connectivity index is 1.29. The van der Waals surface area contributed by atoms with Gasteiger partial charge >= 0.3 is 0 Å². The van der Waals surface area contributed by atoms with E-state index < -0.39 is 0 Å². The molecule has 2 aliphatic heterocycles. The van der Waals surface area contributed by atoms with Gasteiger partial charge in [-0.3, -0.25) is 9.69 Å². The van der Waals surface area contributed by atoms with Crippen molar-refractivity contribution in [1.82, 2.24) is 24.6 Å². The Morgan fingerprint density at radius 1 is 1.11 bits per heavy atom. The maximum Gasteiger partial charge on any atom is 0.215 e. The first kappa shape index (κ1) is 26.0. The SMILES string of the molecule is CCC(CC)Oc1ccc2c(C(=O)CC3CCN(CCN4CCCCC4CO)CC3)nn(C)c2n1. The van der Waals surface area contributed by atoms with Gasteiger partial charge in [-0.05, 0) is 70.1 Å². The summed E-state index contributed by atoms with van der Waals surface area (Å²) >= 11 is 0. The lowest BCUT2D eigenvalue weighted by atomic mass is 9.90. The van der Waals surface area contributed by atoms with Gasteiger partial charge < -0.3 is 14.7 Å². The zero-order valence-corrected chi connectivity index (χ0v) is 21.8. The quantitative estimate of drug-likeness (QED) is 0.486. The van der Waals surface area contributed by atoms with Gasteiger partial charge in [0.25, 0.3) is 0 Å². The summed E-state index contributed by atoms with van der Waals surface area (Å²) < 4.78 is 7.69. The molecule has 0 radical (unpaired) electrons. The van der Waals surface area contributed by atoms with Crippen LogP contribution in [0.5, 0.6) is 5.88 Å². The largest absolute Gasteiger partial charge is 0.474 e. The number of aryl methyl sites for hydroxylation is 1. The molecular weight excluding hydrogens is 442 g/mol. The Hall–Kier alpha value is -2.03. The number of hydrogen-bond acceptors (Lipinski definition) is 7. The first-order chi connectivity index (χ1) is 17.0. The second-order valence-corrected chi connectivity index (χ2v) is 10.3. The van der Waals surface area contributed by atoms with Crippen molar-refractivity contribution in [1.29, 1.82) is 0 Å². The van der Waals surface area contributed by atoms with Crippen molar-refractivity contribution < 1.29 is 14.6 Å². The summed E-state index contributed by atoms with van der Waals surface area (Å²) in [6.45, 7) is 9.76. The number of aliphatic hydroxyl groups is 1. The number of carbonyl (C=O) groups is 1. The Morgan fingerprint density at radius 3 is 2.60 bits per heavy atom. The molecule has 2 saturated heterocycles. The van der Waals surface area contributed by atoms with Gasteiger partial charge in [0, 0.05) is 38.7 Å². The molecule has 2 aliphatic rings. The van der Waals surface area contributed by atoms with Gasteiger partial charge in [0.05, 0.1) is 18.1 Å². The van der Waals surface area contributed by atoms with Gasteiger partial charge in [-0.2, -0.15) is 10.1 Å². The lowest BCUT2D eigenvalue weighted by molar-refractivity contribution is 0.0715. The number of nitrogens with zero attached hydrogens (tertiary/aromatic N) is 5. The van der Waals surface area contributed by atoms with E-state index in [1.165, 1.54) is 12.8 Å². The standard InChI is InChI=1S/C27H43N5O3/c1-4-22(5-2)35-25-10-9-23-26(29-30(3)27(23)28-25)24(34)18-20-11-14-31(15-12-20)16-17-32-13-7-6-8-21(32)19-33/h9-10,20-22,33H,4-8,11-19H2,1-3H3. The van der Waals surface area contributed by atoms with Crippen molar-refractivity contribution in [2.45, 2.75) is 77.4 Å². The first-order valence-corrected chi connectivity index (χ1v) is 13.6. The number of pyridine rings is 1. The summed E-state index contributed by atoms with van der Waals surface area (Å²) in [5.74, 6) is 1.11. The fourth-order valence-electron chi connectivity index (χ4n) is 5.62. The normalized spacial score (nSPS) is 20.7. The summed E-state index contributed by atoms with van der Waals surface area (Å²) in [7, 11) is 1.84. The maximum absolute atomic E-state index is 13.2. The number of carbonyl (C=O) groups excluding carboxylic acids is 1. The number of ether oxygens (including phenoxy) is 1. The molecule has 0 aliphatic carbocycles. The van der Waals surface area contributed by atoms with Gasteiger partial charge in [-0.1, -0.05) is 20.3 Å². The predicted octanol–water partition coefficient (Wildman–Crippen LogP) is 3.67. The topological polar surface area (TPSA) is 83.7 Å². The molecule has 2 aromatic rings. The Morgan fingerprint density at radius 2 is 1.89 bits per heavy atom. The molecule has 0 saturated carbocycles. The van der Waals surface area contributed by atoms with Crippen LogP contribution in [0.2, 0.25) is 0 Å². The zero-order chi connectivity index (χ0) is 24.8. The molecule has 1 unspecified atom stereocenters. The van der Waals surface area contributed by atoms with E-state index in [0.717, 1.165) is 70.2 Å². The molecule has 1 atom stereocenters. The summed E-state index contributed by atoms with van der Waals surface area (Å²) in [5, 5.41) is 15.0. The van der Waals surface area contributed by atoms with Crippen molar-refractivity contribution in [2.75, 3.05) is 39.3 Å². The van der Waals surface area contributed by atoms with Crippen LogP contribution < -0.4 is 4.74 Å². The fourth-order valence-corrected chi connectivity index (χ4v) is 5.62. The first-order valence-electron chi connectivity index (χ1n) is 13.6. The summed E-state index contributed by atoms with van der Waals surface area (Å²) in [5.41, 5.74) is 1.23. The highest BCUT2D eigenvalue weighted by Gasteiger charge is 2.26. The molecule has 0 spiro atoms. The minimum Gasteiger partial charge on any atom is -0.474 e. The van der Waals surface area contributed by atoms with Crippen LogP contribution in [0.1, 0.15) is 75.7 Å². The fraction of sp³-hybridized carbons (Fsp3) is 0.741. The van der Waals surface area contributed by atoms with Crippen molar-refractivity contribution in [3.8, 4) is 5.88 Å². The van der Waals surface area contributed by atoms with E-state index in [9.17, 15) is 9.90 Å². The summed E-state index contributed by atoms with van der Waals surface area (Å²) in [6, 6.07) is 4.13. The third-order valence-corrected chi connectivity index (χ3v) is 7.97. The molecule has 0 bridgehead atoms. The molecule has 8 heteroatoms. The van der Waals surface area contributed by atoms with Crippen LogP contribution in [-0.4, -0.2) is 86.9 Å². The molecule has 2 fully saturated rings. The van der Waals surface area contributed by atoms with Gasteiger partial charge in [0.1, 0.15) is 5.69 Å². The molecule has 8 nitrogen and oxygen atoms in total. The maximum atomic E-state index is 13.2. The number of rotatable bonds is 11. The number of likely N-dealkylation sites (tertiary alicyclic amines) is 2. The second kappa shape index (κ2) is 12.3. The van der Waals surface area contributed by atoms with E-state index in [-0.39, 0.29) is 18.5 Å². The summed E-state index contributed by atoms with van der Waals surface area (Å²) in [4.78, 5) is 22.8. The number of ketones is 1. The van der Waals surface area contributed by atoms with E-state index in [0.29, 0.717) is 35.6 Å². The van der Waals surface area contributed by atoms with Gasteiger partial charge in [-0.25, -0.2) is 4.68 Å². The Kier molecular flexibility index (Phi) is 9.14. The number of Topliss-reactive ketones (excluding diaryl/α,β-unsaturated/α-hetero) is 1. The summed E-state index contributed by atoms with van der Waals surface area (Å²) in [6.07, 6.45) is 8.25. The minimum absolute atomic E-state index is 0.114. The van der Waals surface area contributed by atoms with Crippen molar-refractivity contribution in [3.63, 3.8) is 0 Å². The highest BCUT2D eigenvalue weighted by Crippen LogP contribution is 2.26. The average Bonchev–Trinajstić information content (AvgIpc) is 3.22. The number of piperidine rings is 2. The smallest absolute Gasteiger partial charge is 0.215 e. The average molecular weight is 486 g/mol. The van der Waals surface area contributed by atoms with E-state index in [1.54, 1.807) is 4.68 Å². The van der Waals surface area contributed by atoms with Crippen LogP contribution in [0.25, 0.3) is 11.0 Å². The molecule has 0 aromatic carbocycles. The van der Waals surface area contributed by atoms with Crippen LogP contribution in [0.4, 0.5) is 0 Å². The van der Waals surface area contributed by atoms with Gasteiger partial charge in [-0.15, -0.1) is 0 Å². The van der Waals surface area contributed by atoms with Crippen LogP contribution in [0, 0.1) is 5.92 Å². The molecule has 194 valence electrons. The molecule has 2 aromatic heterocycles. The molecule has 4 rings (SSSR count). The Labute approximate surface area is 209 Å². The lowest BCUT2D eigenvalue weighted by Crippen LogP contribution is -2.46. The third-order valence-electron chi connectivity index (χ3n) is 7.97. The van der Waals surface area contributed by atoms with E-state index >= 15 is 0 Å². The van der Waals surface area contributed by atoms with Crippen LogP contribution in [0.3, 0.4) is 0 Å². The van der Waals surface area contributed by atoms with Crippen molar-refractivity contribution in [2.24, 2.45) is 13.0 Å². The number of fused-ring (bicyclic) bond motifs is 1. The van der Waals surface area contributed by atoms with Crippen LogP contribution in [-0.2, 0) is 7.05 Å². The van der Waals surface area contributed by atoms with Crippen LogP contribution >= 0.6 is 0 Å². The van der Waals surface area contributed by atoms with Gasteiger partial charge in [0.2, 0.25) is 5.88 Å². The predicted molar refractivity (Wildman–Crippen MR) is 138 cm³/mol. The number of aromatic nitrogens is 3. The molecule has 1 N–H and O–H groups in total. The molecule has 4 heterocycles. The van der Waals surface area contributed by atoms with Crippen molar-refractivity contribution >= 4 is 16.8 Å². The second-order valence-electron chi connectivity index (χ2n) is 10.3. The van der Waals surface area contributed by atoms with Crippen LogP contribution in [0.15, 0.2) is 12.1 Å². The van der Waals surface area contributed by atoms with E-state index in [1.807, 2.05) is 19.2 Å². The Bertz CT molecular complexity index is 965. The van der Waals surface area contributed by atoms with E-state index in [2.05, 4.69) is 33.7 Å². The minimum atomic E-state index is 0.114. The third kappa shape index (κ3) is 6.40. The molecule has 0 amide bonds. The molecular formula is C27H43N5O3. The number of hydrogen-bond donors (Lipinski definition) is 1. The highest BCUT2D eigenvalue weighted by molar-refractivity contribution is 6.05. The number of aliphatic hydroxyl groups excluding tert-OH is 1. The molecule has 35 heavy (non-hydrogen) atoms. The van der Waals surface area contributed by atoms with E-state index in [4.69, 9.17) is 4.74 Å². The van der Waals surface area contributed by atoms with Gasteiger partial charge in [0.15, 0.2) is 11.4 Å². The zero-order valence-electron chi connectivity index (χ0n) is 21.8. The monoisotopic (exact) mass is 485 g/mol. The highest BCUT2D eigenvalue weighted by atomic mass is 16.5.